The van der Waals surface area contributed by atoms with Crippen molar-refractivity contribution in [1.29, 1.82) is 0 Å². The molecule has 4 nitrogen and oxygen atoms in total. The van der Waals surface area contributed by atoms with Gasteiger partial charge in [-0.15, -0.1) is 0 Å². The van der Waals surface area contributed by atoms with E-state index in [2.05, 4.69) is 27.2 Å². The van der Waals surface area contributed by atoms with Gasteiger partial charge in [0.25, 0.3) is 0 Å². The summed E-state index contributed by atoms with van der Waals surface area (Å²) in [6.45, 7) is 8.13. The Labute approximate surface area is 114 Å². The minimum atomic E-state index is 0.757. The van der Waals surface area contributed by atoms with Crippen molar-refractivity contribution in [3.8, 4) is 11.4 Å². The van der Waals surface area contributed by atoms with Crippen molar-refractivity contribution in [3.05, 3.63) is 34.8 Å². The second kappa shape index (κ2) is 5.34. The van der Waals surface area contributed by atoms with E-state index >= 15 is 0 Å². The highest BCUT2D eigenvalue weighted by atomic mass is 15.0. The molecule has 0 bridgehead atoms. The SMILES string of the molecule is CCc1c(C)nc(-c2cc(C)nc(C)c2)nc1NC. The average Bonchev–Trinajstić information content (AvgIpc) is 2.36. The number of hydrogen-bond acceptors (Lipinski definition) is 4. The first kappa shape index (κ1) is 13.5. The maximum absolute atomic E-state index is 4.63. The third kappa shape index (κ3) is 2.72. The largest absolute Gasteiger partial charge is 0.373 e. The molecule has 0 spiro atoms. The van der Waals surface area contributed by atoms with Gasteiger partial charge in [0.1, 0.15) is 5.82 Å². The van der Waals surface area contributed by atoms with E-state index in [1.807, 2.05) is 40.0 Å². The lowest BCUT2D eigenvalue weighted by Crippen LogP contribution is -2.05. The number of pyridine rings is 1. The zero-order valence-corrected chi connectivity index (χ0v) is 12.2. The summed E-state index contributed by atoms with van der Waals surface area (Å²) < 4.78 is 0. The van der Waals surface area contributed by atoms with Crippen molar-refractivity contribution < 1.29 is 0 Å². The number of anilines is 1. The minimum absolute atomic E-state index is 0.757. The van der Waals surface area contributed by atoms with Crippen molar-refractivity contribution in [3.63, 3.8) is 0 Å². The molecule has 19 heavy (non-hydrogen) atoms. The quantitative estimate of drug-likeness (QED) is 0.917. The Morgan fingerprint density at radius 2 is 1.63 bits per heavy atom. The van der Waals surface area contributed by atoms with E-state index < -0.39 is 0 Å². The van der Waals surface area contributed by atoms with Crippen molar-refractivity contribution in [1.82, 2.24) is 15.0 Å². The molecule has 100 valence electrons. The molecule has 0 unspecified atom stereocenters. The van der Waals surface area contributed by atoms with Crippen molar-refractivity contribution in [2.75, 3.05) is 12.4 Å². The van der Waals surface area contributed by atoms with E-state index in [1.54, 1.807) is 0 Å². The topological polar surface area (TPSA) is 50.7 Å². The molecule has 0 aliphatic rings. The van der Waals surface area contributed by atoms with Crippen LogP contribution in [0.2, 0.25) is 0 Å². The van der Waals surface area contributed by atoms with Crippen LogP contribution in [0.25, 0.3) is 11.4 Å². The van der Waals surface area contributed by atoms with Gasteiger partial charge in [-0.25, -0.2) is 9.97 Å². The molecule has 0 fully saturated rings. The van der Waals surface area contributed by atoms with Gasteiger partial charge in [0.15, 0.2) is 5.82 Å². The van der Waals surface area contributed by atoms with Crippen LogP contribution in [0.5, 0.6) is 0 Å². The Kier molecular flexibility index (Phi) is 3.79. The maximum Gasteiger partial charge on any atom is 0.161 e. The molecule has 2 rings (SSSR count). The summed E-state index contributed by atoms with van der Waals surface area (Å²) in [7, 11) is 1.90. The van der Waals surface area contributed by atoms with Gasteiger partial charge in [-0.2, -0.15) is 0 Å². The molecule has 0 aliphatic heterocycles. The number of aryl methyl sites for hydroxylation is 3. The van der Waals surface area contributed by atoms with Gasteiger partial charge in [0, 0.05) is 35.3 Å². The number of nitrogens with one attached hydrogen (secondary N) is 1. The second-order valence-electron chi connectivity index (χ2n) is 4.70. The van der Waals surface area contributed by atoms with Crippen molar-refractivity contribution >= 4 is 5.82 Å². The second-order valence-corrected chi connectivity index (χ2v) is 4.70. The third-order valence-electron chi connectivity index (χ3n) is 3.14. The lowest BCUT2D eigenvalue weighted by Gasteiger charge is -2.12. The molecular formula is C15H20N4. The van der Waals surface area contributed by atoms with Gasteiger partial charge in [-0.3, -0.25) is 4.98 Å². The molecule has 2 heterocycles. The molecule has 4 heteroatoms. The zero-order valence-electron chi connectivity index (χ0n) is 12.2. The van der Waals surface area contributed by atoms with Gasteiger partial charge in [0.2, 0.25) is 0 Å². The summed E-state index contributed by atoms with van der Waals surface area (Å²) in [4.78, 5) is 13.6. The summed E-state index contributed by atoms with van der Waals surface area (Å²) >= 11 is 0. The fraction of sp³-hybridized carbons (Fsp3) is 0.400. The molecule has 0 aromatic carbocycles. The highest BCUT2D eigenvalue weighted by Gasteiger charge is 2.11. The van der Waals surface area contributed by atoms with Crippen LogP contribution in [-0.4, -0.2) is 22.0 Å². The van der Waals surface area contributed by atoms with Gasteiger partial charge < -0.3 is 5.32 Å². The molecule has 2 aromatic rings. The van der Waals surface area contributed by atoms with E-state index in [4.69, 9.17) is 0 Å². The summed E-state index contributed by atoms with van der Waals surface area (Å²) in [5.41, 5.74) is 5.20. The molecule has 0 saturated carbocycles. The first-order chi connectivity index (χ1) is 9.05. The average molecular weight is 256 g/mol. The first-order valence-electron chi connectivity index (χ1n) is 6.56. The van der Waals surface area contributed by atoms with Crippen LogP contribution < -0.4 is 5.32 Å². The van der Waals surface area contributed by atoms with Gasteiger partial charge in [0.05, 0.1) is 0 Å². The zero-order chi connectivity index (χ0) is 14.0. The molecule has 0 radical (unpaired) electrons. The van der Waals surface area contributed by atoms with Crippen LogP contribution in [0.4, 0.5) is 5.82 Å². The molecule has 1 N–H and O–H groups in total. The Balaban J connectivity index is 2.59. The van der Waals surface area contributed by atoms with Crippen molar-refractivity contribution in [2.45, 2.75) is 34.1 Å². The number of hydrogen-bond donors (Lipinski definition) is 1. The van der Waals surface area contributed by atoms with E-state index in [-0.39, 0.29) is 0 Å². The summed E-state index contributed by atoms with van der Waals surface area (Å²) in [5, 5.41) is 3.16. The van der Waals surface area contributed by atoms with E-state index in [9.17, 15) is 0 Å². The summed E-state index contributed by atoms with van der Waals surface area (Å²) in [5.74, 6) is 1.67. The number of rotatable bonds is 3. The smallest absolute Gasteiger partial charge is 0.161 e. The Morgan fingerprint density at radius 1 is 1.00 bits per heavy atom. The van der Waals surface area contributed by atoms with E-state index in [0.717, 1.165) is 40.7 Å². The predicted octanol–water partition coefficient (Wildman–Crippen LogP) is 3.07. The number of nitrogens with zero attached hydrogens (tertiary/aromatic N) is 3. The lowest BCUT2D eigenvalue weighted by molar-refractivity contribution is 0.999. The monoisotopic (exact) mass is 256 g/mol. The van der Waals surface area contributed by atoms with Crippen LogP contribution >= 0.6 is 0 Å². The Hall–Kier alpha value is -1.97. The van der Waals surface area contributed by atoms with Gasteiger partial charge in [-0.1, -0.05) is 6.92 Å². The van der Waals surface area contributed by atoms with Crippen LogP contribution in [0.1, 0.15) is 29.6 Å². The highest BCUT2D eigenvalue weighted by Crippen LogP contribution is 2.23. The van der Waals surface area contributed by atoms with Gasteiger partial charge in [-0.05, 0) is 39.3 Å². The van der Waals surface area contributed by atoms with Crippen LogP contribution in [0, 0.1) is 20.8 Å². The van der Waals surface area contributed by atoms with E-state index in [1.165, 1.54) is 5.56 Å². The predicted molar refractivity (Wildman–Crippen MR) is 78.4 cm³/mol. The normalized spacial score (nSPS) is 10.6. The molecule has 0 aliphatic carbocycles. The van der Waals surface area contributed by atoms with Gasteiger partial charge >= 0.3 is 0 Å². The standard InChI is InChI=1S/C15H20N4/c1-6-13-11(4)18-14(19-15(13)16-5)12-7-9(2)17-10(3)8-12/h7-8H,6H2,1-5H3,(H,16,18,19). The molecule has 0 amide bonds. The van der Waals surface area contributed by atoms with Crippen LogP contribution in [0.15, 0.2) is 12.1 Å². The summed E-state index contributed by atoms with van der Waals surface area (Å²) in [6.07, 6.45) is 0.927. The summed E-state index contributed by atoms with van der Waals surface area (Å²) in [6, 6.07) is 4.04. The third-order valence-corrected chi connectivity index (χ3v) is 3.14. The minimum Gasteiger partial charge on any atom is -0.373 e. The van der Waals surface area contributed by atoms with Crippen LogP contribution in [0.3, 0.4) is 0 Å². The fourth-order valence-corrected chi connectivity index (χ4v) is 2.32. The highest BCUT2D eigenvalue weighted by molar-refractivity contribution is 5.60. The number of aromatic nitrogens is 3. The molecule has 0 atom stereocenters. The van der Waals surface area contributed by atoms with Crippen molar-refractivity contribution in [2.24, 2.45) is 0 Å². The fourth-order valence-electron chi connectivity index (χ4n) is 2.32. The molecule has 2 aromatic heterocycles. The molecule has 0 saturated heterocycles. The Morgan fingerprint density at radius 3 is 2.16 bits per heavy atom. The maximum atomic E-state index is 4.63. The van der Waals surface area contributed by atoms with E-state index in [0.29, 0.717) is 0 Å². The lowest BCUT2D eigenvalue weighted by atomic mass is 10.1. The first-order valence-corrected chi connectivity index (χ1v) is 6.56. The van der Waals surface area contributed by atoms with Crippen LogP contribution in [-0.2, 0) is 6.42 Å². The Bertz CT molecular complexity index is 585. The molecular weight excluding hydrogens is 236 g/mol.